The summed E-state index contributed by atoms with van der Waals surface area (Å²) >= 11 is 12.4. The van der Waals surface area contributed by atoms with Crippen LogP contribution >= 0.6 is 35.2 Å². The molecule has 0 bridgehead atoms. The Labute approximate surface area is 186 Å². The van der Waals surface area contributed by atoms with Crippen molar-refractivity contribution in [1.29, 1.82) is 0 Å². The highest BCUT2D eigenvalue weighted by molar-refractivity contribution is 7.80. The van der Waals surface area contributed by atoms with E-state index in [1.807, 2.05) is 13.8 Å². The molecule has 2 heterocycles. The lowest BCUT2D eigenvalue weighted by molar-refractivity contribution is -0.141. The van der Waals surface area contributed by atoms with Crippen LogP contribution in [0.5, 0.6) is 0 Å². The van der Waals surface area contributed by atoms with Gasteiger partial charge in [-0.05, 0) is 44.5 Å². The molecule has 0 radical (unpaired) electrons. The topological polar surface area (TPSA) is 68.2 Å². The third kappa shape index (κ3) is 5.44. The number of halogens is 4. The van der Waals surface area contributed by atoms with Gasteiger partial charge < -0.3 is 15.4 Å². The zero-order chi connectivity index (χ0) is 22.6. The molecule has 0 atom stereocenters. The Hall–Kier alpha value is -1.85. The minimum absolute atomic E-state index is 0.239. The van der Waals surface area contributed by atoms with Gasteiger partial charge in [0.05, 0.1) is 23.4 Å². The molecule has 2 aromatic rings. The molecule has 0 saturated carbocycles. The maximum absolute atomic E-state index is 12.9. The quantitative estimate of drug-likeness (QED) is 0.330. The number of thiophene rings is 1. The number of anilines is 1. The molecule has 6 nitrogen and oxygen atoms in total. The van der Waals surface area contributed by atoms with E-state index in [0.717, 1.165) is 10.4 Å². The van der Waals surface area contributed by atoms with Crippen LogP contribution in [0.1, 0.15) is 45.5 Å². The highest BCUT2D eigenvalue weighted by Gasteiger charge is 2.38. The highest BCUT2D eigenvalue weighted by Crippen LogP contribution is 2.35. The summed E-state index contributed by atoms with van der Waals surface area (Å²) in [5.41, 5.74) is 0.548. The molecule has 30 heavy (non-hydrogen) atoms. The van der Waals surface area contributed by atoms with Crippen molar-refractivity contribution in [2.24, 2.45) is 0 Å². The van der Waals surface area contributed by atoms with Gasteiger partial charge in [-0.3, -0.25) is 4.68 Å². The standard InChI is InChI=1S/C18H22ClF3N4O2S2/c1-5-11-10(3)30-15(12(11)16(27)28-4)24-17(29)23-7-6-8-26-9(2)13(19)14(25-26)18(20,21)22/h5-8H2,1-4H3,(H2,23,24,29). The van der Waals surface area contributed by atoms with Crippen LogP contribution in [0.25, 0.3) is 0 Å². The molecule has 0 aliphatic rings. The molecule has 0 amide bonds. The molecule has 2 aromatic heterocycles. The van der Waals surface area contributed by atoms with Crippen molar-refractivity contribution < 1.29 is 22.7 Å². The molecule has 2 N–H and O–H groups in total. The number of hydrogen-bond acceptors (Lipinski definition) is 5. The maximum Gasteiger partial charge on any atom is 0.436 e. The number of carbonyl (C=O) groups excluding carboxylic acids is 1. The molecular weight excluding hydrogens is 461 g/mol. The fourth-order valence-corrected chi connectivity index (χ4v) is 4.56. The highest BCUT2D eigenvalue weighted by atomic mass is 35.5. The van der Waals surface area contributed by atoms with E-state index in [1.165, 1.54) is 30.1 Å². The van der Waals surface area contributed by atoms with Crippen molar-refractivity contribution in [1.82, 2.24) is 15.1 Å². The first-order valence-electron chi connectivity index (χ1n) is 9.06. The number of aryl methyl sites for hydroxylation is 2. The van der Waals surface area contributed by atoms with Crippen LogP contribution in [0.3, 0.4) is 0 Å². The average molecular weight is 483 g/mol. The molecule has 0 saturated heterocycles. The first-order valence-corrected chi connectivity index (χ1v) is 10.7. The van der Waals surface area contributed by atoms with Crippen LogP contribution in [0.15, 0.2) is 0 Å². The first kappa shape index (κ1) is 24.4. The predicted molar refractivity (Wildman–Crippen MR) is 116 cm³/mol. The second-order valence-corrected chi connectivity index (χ2v) is 8.40. The van der Waals surface area contributed by atoms with Gasteiger partial charge in [0.1, 0.15) is 5.00 Å². The number of carbonyl (C=O) groups is 1. The summed E-state index contributed by atoms with van der Waals surface area (Å²) in [5.74, 6) is -0.437. The van der Waals surface area contributed by atoms with Crippen LogP contribution in [0, 0.1) is 13.8 Å². The summed E-state index contributed by atoms with van der Waals surface area (Å²) in [6.07, 6.45) is -3.45. The summed E-state index contributed by atoms with van der Waals surface area (Å²) in [6, 6.07) is 0. The van der Waals surface area contributed by atoms with E-state index in [-0.39, 0.29) is 17.3 Å². The van der Waals surface area contributed by atoms with E-state index in [1.54, 1.807) is 0 Å². The average Bonchev–Trinajstić information content (AvgIpc) is 3.14. The van der Waals surface area contributed by atoms with Gasteiger partial charge in [-0.2, -0.15) is 18.3 Å². The smallest absolute Gasteiger partial charge is 0.436 e. The number of nitrogens with one attached hydrogen (secondary N) is 2. The summed E-state index contributed by atoms with van der Waals surface area (Å²) in [7, 11) is 1.32. The second kappa shape index (κ2) is 9.97. The maximum atomic E-state index is 12.9. The van der Waals surface area contributed by atoms with Gasteiger partial charge >= 0.3 is 12.1 Å². The molecule has 0 aliphatic heterocycles. The zero-order valence-electron chi connectivity index (χ0n) is 16.9. The van der Waals surface area contributed by atoms with Crippen molar-refractivity contribution in [3.05, 3.63) is 32.4 Å². The minimum Gasteiger partial charge on any atom is -0.465 e. The molecule has 0 aliphatic carbocycles. The van der Waals surface area contributed by atoms with Crippen molar-refractivity contribution in [3.8, 4) is 0 Å². The molecule has 12 heteroatoms. The van der Waals surface area contributed by atoms with Gasteiger partial charge in [0.15, 0.2) is 10.8 Å². The van der Waals surface area contributed by atoms with E-state index >= 15 is 0 Å². The lowest BCUT2D eigenvalue weighted by atomic mass is 10.1. The molecule has 0 aromatic carbocycles. The van der Waals surface area contributed by atoms with Gasteiger partial charge in [0, 0.05) is 18.0 Å². The summed E-state index contributed by atoms with van der Waals surface area (Å²) < 4.78 is 44.8. The third-order valence-electron chi connectivity index (χ3n) is 4.41. The summed E-state index contributed by atoms with van der Waals surface area (Å²) in [5, 5.41) is 10.1. The first-order chi connectivity index (χ1) is 14.0. The number of nitrogens with zero attached hydrogens (tertiary/aromatic N) is 2. The third-order valence-corrected chi connectivity index (χ3v) is 6.18. The number of esters is 1. The van der Waals surface area contributed by atoms with Crippen LogP contribution in [0.4, 0.5) is 18.2 Å². The van der Waals surface area contributed by atoms with E-state index in [9.17, 15) is 18.0 Å². The largest absolute Gasteiger partial charge is 0.465 e. The van der Waals surface area contributed by atoms with Crippen LogP contribution < -0.4 is 10.6 Å². The van der Waals surface area contributed by atoms with Crippen molar-refractivity contribution in [2.45, 2.75) is 46.3 Å². The van der Waals surface area contributed by atoms with Crippen molar-refractivity contribution in [3.63, 3.8) is 0 Å². The van der Waals surface area contributed by atoms with Gasteiger partial charge in [0.25, 0.3) is 0 Å². The molecule has 2 rings (SSSR count). The fourth-order valence-electron chi connectivity index (χ4n) is 2.91. The van der Waals surface area contributed by atoms with Gasteiger partial charge in [-0.1, -0.05) is 18.5 Å². The Morgan fingerprint density at radius 1 is 1.37 bits per heavy atom. The molecule has 0 spiro atoms. The van der Waals surface area contributed by atoms with Gasteiger partial charge in [-0.15, -0.1) is 11.3 Å². The molecular formula is C18H22ClF3N4O2S2. The molecule has 166 valence electrons. The lowest BCUT2D eigenvalue weighted by Gasteiger charge is -2.11. The predicted octanol–water partition coefficient (Wildman–Crippen LogP) is 4.96. The molecule has 0 fully saturated rings. The Balaban J connectivity index is 1.95. The van der Waals surface area contributed by atoms with Gasteiger partial charge in [-0.25, -0.2) is 4.79 Å². The van der Waals surface area contributed by atoms with Crippen molar-refractivity contribution in [2.75, 3.05) is 19.0 Å². The monoisotopic (exact) mass is 482 g/mol. The van der Waals surface area contributed by atoms with E-state index in [4.69, 9.17) is 28.6 Å². The summed E-state index contributed by atoms with van der Waals surface area (Å²) in [4.78, 5) is 13.1. The Kier molecular flexibility index (Phi) is 8.12. The normalized spacial score (nSPS) is 11.5. The number of alkyl halides is 3. The van der Waals surface area contributed by atoms with Gasteiger partial charge in [0.2, 0.25) is 0 Å². The number of thiocarbonyl (C=S) groups is 1. The lowest BCUT2D eigenvalue weighted by Crippen LogP contribution is -2.30. The number of rotatable bonds is 7. The SMILES string of the molecule is CCc1c(C)sc(NC(=S)NCCCn2nc(C(F)(F)F)c(Cl)c2C)c1C(=O)OC. The van der Waals surface area contributed by atoms with Crippen molar-refractivity contribution >= 4 is 51.2 Å². The number of methoxy groups -OCH3 is 1. The van der Waals surface area contributed by atoms with Crippen LogP contribution in [0.2, 0.25) is 5.02 Å². The van der Waals surface area contributed by atoms with Crippen LogP contribution in [-0.4, -0.2) is 34.5 Å². The second-order valence-electron chi connectivity index (χ2n) is 6.39. The molecule has 0 unspecified atom stereocenters. The van der Waals surface area contributed by atoms with E-state index < -0.39 is 17.8 Å². The Morgan fingerprint density at radius 3 is 2.57 bits per heavy atom. The van der Waals surface area contributed by atoms with Crippen LogP contribution in [-0.2, 0) is 23.9 Å². The van der Waals surface area contributed by atoms with E-state index in [2.05, 4.69) is 15.7 Å². The fraction of sp³-hybridized carbons (Fsp3) is 0.500. The number of aromatic nitrogens is 2. The Morgan fingerprint density at radius 2 is 2.03 bits per heavy atom. The van der Waals surface area contributed by atoms with E-state index in [0.29, 0.717) is 35.1 Å². The zero-order valence-corrected chi connectivity index (χ0v) is 19.3. The summed E-state index contributed by atoms with van der Waals surface area (Å²) in [6.45, 7) is 5.99. The number of hydrogen-bond donors (Lipinski definition) is 2. The Bertz CT molecular complexity index is 941. The minimum atomic E-state index is -4.59. The number of ether oxygens (including phenoxy) is 1.